The summed E-state index contributed by atoms with van der Waals surface area (Å²) in [5.74, 6) is 0.880. The van der Waals surface area contributed by atoms with Gasteiger partial charge in [-0.25, -0.2) is 0 Å². The second-order valence-corrected chi connectivity index (χ2v) is 2.66. The van der Waals surface area contributed by atoms with Crippen LogP contribution in [0.5, 0.6) is 0 Å². The molecule has 1 aromatic rings. The zero-order chi connectivity index (χ0) is 8.27. The molecular weight excluding hydrogens is 140 g/mol. The minimum Gasteiger partial charge on any atom is -0.365 e. The van der Waals surface area contributed by atoms with E-state index in [2.05, 4.69) is 10.4 Å². The number of hydrogen-bond donors (Lipinski definition) is 2. The van der Waals surface area contributed by atoms with Crippen molar-refractivity contribution in [1.29, 1.82) is 0 Å². The van der Waals surface area contributed by atoms with Gasteiger partial charge in [0.05, 0.1) is 0 Å². The molecule has 0 aliphatic heterocycles. The summed E-state index contributed by atoms with van der Waals surface area (Å²) < 4.78 is 1.76. The molecule has 1 heterocycles. The maximum atomic E-state index is 5.43. The summed E-state index contributed by atoms with van der Waals surface area (Å²) in [5, 5.41) is 7.30. The van der Waals surface area contributed by atoms with E-state index in [9.17, 15) is 0 Å². The van der Waals surface area contributed by atoms with Crippen LogP contribution < -0.4 is 11.1 Å². The van der Waals surface area contributed by atoms with Crippen LogP contribution in [-0.2, 0) is 7.05 Å². The Hall–Kier alpha value is -1.03. The van der Waals surface area contributed by atoms with E-state index in [1.807, 2.05) is 26.2 Å². The third-order valence-corrected chi connectivity index (χ3v) is 1.46. The lowest BCUT2D eigenvalue weighted by Gasteiger charge is -2.08. The van der Waals surface area contributed by atoms with Crippen molar-refractivity contribution in [3.05, 3.63) is 12.3 Å². The molecule has 0 bridgehead atoms. The van der Waals surface area contributed by atoms with Crippen LogP contribution in [0.15, 0.2) is 12.3 Å². The van der Waals surface area contributed by atoms with Gasteiger partial charge in [-0.1, -0.05) is 0 Å². The maximum absolute atomic E-state index is 5.43. The van der Waals surface area contributed by atoms with Crippen molar-refractivity contribution in [3.8, 4) is 0 Å². The summed E-state index contributed by atoms with van der Waals surface area (Å²) in [6, 6.07) is 2.21. The molecule has 0 aliphatic rings. The van der Waals surface area contributed by atoms with Crippen LogP contribution in [-0.4, -0.2) is 22.4 Å². The Morgan fingerprint density at radius 3 is 3.00 bits per heavy atom. The number of nitrogens with two attached hydrogens (primary N) is 1. The lowest BCUT2D eigenvalue weighted by Crippen LogP contribution is -2.25. The molecule has 0 fully saturated rings. The molecule has 1 rings (SSSR count). The Bertz CT molecular complexity index is 218. The zero-order valence-corrected chi connectivity index (χ0v) is 6.91. The van der Waals surface area contributed by atoms with Crippen molar-refractivity contribution < 1.29 is 0 Å². The van der Waals surface area contributed by atoms with Crippen molar-refractivity contribution in [3.63, 3.8) is 0 Å². The van der Waals surface area contributed by atoms with Gasteiger partial charge in [-0.05, 0) is 6.92 Å². The molecular formula is C7H14N4. The van der Waals surface area contributed by atoms with Crippen LogP contribution in [0.4, 0.5) is 5.82 Å². The fourth-order valence-corrected chi connectivity index (χ4v) is 0.803. The molecule has 1 unspecified atom stereocenters. The highest BCUT2D eigenvalue weighted by atomic mass is 15.3. The first-order valence-electron chi connectivity index (χ1n) is 3.68. The average molecular weight is 154 g/mol. The van der Waals surface area contributed by atoms with Gasteiger partial charge < -0.3 is 11.1 Å². The van der Waals surface area contributed by atoms with Crippen molar-refractivity contribution in [2.75, 3.05) is 11.9 Å². The summed E-state index contributed by atoms with van der Waals surface area (Å²) in [5.41, 5.74) is 5.43. The van der Waals surface area contributed by atoms with Crippen LogP contribution >= 0.6 is 0 Å². The Balaban J connectivity index is 2.50. The topological polar surface area (TPSA) is 55.9 Å². The van der Waals surface area contributed by atoms with Crippen molar-refractivity contribution in [1.82, 2.24) is 9.78 Å². The Morgan fingerprint density at radius 2 is 2.55 bits per heavy atom. The van der Waals surface area contributed by atoms with E-state index < -0.39 is 0 Å². The minimum atomic E-state index is 0.282. The molecule has 0 amide bonds. The van der Waals surface area contributed by atoms with Gasteiger partial charge in [0.25, 0.3) is 0 Å². The molecule has 11 heavy (non-hydrogen) atoms. The highest BCUT2D eigenvalue weighted by molar-refractivity contribution is 5.33. The third-order valence-electron chi connectivity index (χ3n) is 1.46. The highest BCUT2D eigenvalue weighted by Crippen LogP contribution is 2.01. The predicted molar refractivity (Wildman–Crippen MR) is 45.3 cm³/mol. The van der Waals surface area contributed by atoms with Crippen molar-refractivity contribution >= 4 is 5.82 Å². The van der Waals surface area contributed by atoms with Crippen LogP contribution in [0.3, 0.4) is 0 Å². The zero-order valence-electron chi connectivity index (χ0n) is 6.91. The van der Waals surface area contributed by atoms with E-state index in [1.165, 1.54) is 0 Å². The molecule has 62 valence electrons. The molecule has 3 N–H and O–H groups in total. The highest BCUT2D eigenvalue weighted by Gasteiger charge is 1.99. The lowest BCUT2D eigenvalue weighted by molar-refractivity contribution is 0.750. The van der Waals surface area contributed by atoms with Gasteiger partial charge in [-0.3, -0.25) is 4.68 Å². The molecule has 0 radical (unpaired) electrons. The number of nitrogens with one attached hydrogen (secondary N) is 1. The summed E-state index contributed by atoms with van der Waals surface area (Å²) >= 11 is 0. The van der Waals surface area contributed by atoms with E-state index in [0.717, 1.165) is 5.82 Å². The van der Waals surface area contributed by atoms with Crippen molar-refractivity contribution in [2.45, 2.75) is 13.0 Å². The van der Waals surface area contributed by atoms with Gasteiger partial charge in [0.2, 0.25) is 0 Å². The van der Waals surface area contributed by atoms with Gasteiger partial charge in [-0.15, -0.1) is 0 Å². The fourth-order valence-electron chi connectivity index (χ4n) is 0.803. The van der Waals surface area contributed by atoms with Gasteiger partial charge in [0.1, 0.15) is 5.82 Å². The maximum Gasteiger partial charge on any atom is 0.148 e. The van der Waals surface area contributed by atoms with E-state index in [4.69, 9.17) is 5.73 Å². The second-order valence-electron chi connectivity index (χ2n) is 2.66. The Labute approximate surface area is 66.4 Å². The van der Waals surface area contributed by atoms with Gasteiger partial charge >= 0.3 is 0 Å². The van der Waals surface area contributed by atoms with Gasteiger partial charge in [-0.2, -0.15) is 5.10 Å². The molecule has 0 saturated heterocycles. The summed E-state index contributed by atoms with van der Waals surface area (Å²) in [6.45, 7) is 2.64. The molecule has 0 saturated carbocycles. The quantitative estimate of drug-likeness (QED) is 0.653. The van der Waals surface area contributed by atoms with Gasteiger partial charge in [0, 0.05) is 31.9 Å². The Morgan fingerprint density at radius 1 is 1.82 bits per heavy atom. The number of hydrogen-bond acceptors (Lipinski definition) is 3. The van der Waals surface area contributed by atoms with Gasteiger partial charge in [0.15, 0.2) is 0 Å². The summed E-state index contributed by atoms with van der Waals surface area (Å²) in [7, 11) is 1.89. The number of anilines is 1. The first kappa shape index (κ1) is 8.07. The smallest absolute Gasteiger partial charge is 0.148 e. The Kier molecular flexibility index (Phi) is 2.48. The first-order chi connectivity index (χ1) is 5.22. The predicted octanol–water partition coefficient (Wildman–Crippen LogP) is 0.179. The lowest BCUT2D eigenvalue weighted by atomic mass is 10.3. The molecule has 0 aliphatic carbocycles. The van der Waals surface area contributed by atoms with Crippen LogP contribution in [0, 0.1) is 0 Å². The van der Waals surface area contributed by atoms with Crippen LogP contribution in [0.1, 0.15) is 6.92 Å². The largest absolute Gasteiger partial charge is 0.365 e. The van der Waals surface area contributed by atoms with E-state index >= 15 is 0 Å². The van der Waals surface area contributed by atoms with Crippen LogP contribution in [0.2, 0.25) is 0 Å². The molecule has 1 aromatic heterocycles. The van der Waals surface area contributed by atoms with E-state index in [0.29, 0.717) is 6.54 Å². The third kappa shape index (κ3) is 2.23. The summed E-state index contributed by atoms with van der Waals surface area (Å²) in [4.78, 5) is 0. The first-order valence-corrected chi connectivity index (χ1v) is 3.68. The van der Waals surface area contributed by atoms with E-state index in [-0.39, 0.29) is 6.04 Å². The minimum absolute atomic E-state index is 0.282. The van der Waals surface area contributed by atoms with E-state index in [1.54, 1.807) is 4.68 Å². The molecule has 4 heteroatoms. The SMILES string of the molecule is CC(CN)Nc1ccn(C)n1. The summed E-state index contributed by atoms with van der Waals surface area (Å²) in [6.07, 6.45) is 1.89. The monoisotopic (exact) mass is 154 g/mol. The normalized spacial score (nSPS) is 13.0. The number of aromatic nitrogens is 2. The average Bonchev–Trinajstić information content (AvgIpc) is 2.35. The molecule has 4 nitrogen and oxygen atoms in total. The number of nitrogens with zero attached hydrogens (tertiary/aromatic N) is 2. The molecule has 0 aromatic carbocycles. The standard InChI is InChI=1S/C7H14N4/c1-6(5-8)9-7-3-4-11(2)10-7/h3-4,6H,5,8H2,1-2H3,(H,9,10). The molecule has 0 spiro atoms. The fraction of sp³-hybridized carbons (Fsp3) is 0.571. The number of aryl methyl sites for hydroxylation is 1. The van der Waals surface area contributed by atoms with Crippen molar-refractivity contribution in [2.24, 2.45) is 12.8 Å². The number of rotatable bonds is 3. The molecule has 1 atom stereocenters. The van der Waals surface area contributed by atoms with Crippen LogP contribution in [0.25, 0.3) is 0 Å². The second kappa shape index (κ2) is 3.39.